The Hall–Kier alpha value is 0.0906. The minimum Gasteiger partial charge on any atom is -0.371 e. The number of hydrogen-bond acceptors (Lipinski definition) is 1. The lowest BCUT2D eigenvalue weighted by Crippen LogP contribution is -2.30. The van der Waals surface area contributed by atoms with E-state index in [1.165, 1.54) is 9.76 Å². The summed E-state index contributed by atoms with van der Waals surface area (Å²) in [6, 6.07) is 0. The van der Waals surface area contributed by atoms with Crippen molar-refractivity contribution in [2.45, 2.75) is 32.4 Å². The standard InChI is InChI=1S/C10H22OSi3/c1-4-11-10(2)7-5-9(6-8-10)14(3)13-12/h5-7,14H,4,8,13H2,1-3,12H3. The maximum atomic E-state index is 5.74. The first kappa shape index (κ1) is 12.2. The van der Waals surface area contributed by atoms with Crippen molar-refractivity contribution < 1.29 is 4.74 Å². The SMILES string of the molecule is CCOC1(C)C=CC([SiH](C)[SiH2][SiH3])=CC1. The van der Waals surface area contributed by atoms with E-state index in [9.17, 15) is 0 Å². The van der Waals surface area contributed by atoms with Crippen molar-refractivity contribution in [3.05, 3.63) is 23.4 Å². The molecule has 2 unspecified atom stereocenters. The van der Waals surface area contributed by atoms with Crippen LogP contribution in [0.2, 0.25) is 6.55 Å². The molecule has 0 aromatic heterocycles. The van der Waals surface area contributed by atoms with Gasteiger partial charge in [0.1, 0.15) is 0 Å². The minimum atomic E-state index is -0.421. The van der Waals surface area contributed by atoms with Crippen molar-refractivity contribution >= 4 is 26.6 Å². The van der Waals surface area contributed by atoms with Crippen LogP contribution in [0, 0.1) is 0 Å². The van der Waals surface area contributed by atoms with Crippen molar-refractivity contribution in [2.75, 3.05) is 6.61 Å². The van der Waals surface area contributed by atoms with E-state index in [-0.39, 0.29) is 5.60 Å². The Morgan fingerprint density at radius 2 is 2.43 bits per heavy atom. The lowest BCUT2D eigenvalue weighted by atomic mass is 9.97. The highest BCUT2D eigenvalue weighted by atomic mass is 29.5. The number of hydrogen-bond donors (Lipinski definition) is 0. The molecule has 14 heavy (non-hydrogen) atoms. The molecule has 0 fully saturated rings. The fraction of sp³-hybridized carbons (Fsp3) is 0.600. The van der Waals surface area contributed by atoms with Crippen molar-refractivity contribution in [1.82, 2.24) is 0 Å². The van der Waals surface area contributed by atoms with Gasteiger partial charge in [0.05, 0.1) is 13.9 Å². The molecule has 0 aromatic carbocycles. The van der Waals surface area contributed by atoms with Crippen molar-refractivity contribution in [3.63, 3.8) is 0 Å². The second kappa shape index (κ2) is 5.25. The molecule has 0 radical (unpaired) electrons. The lowest BCUT2D eigenvalue weighted by Gasteiger charge is -2.28. The van der Waals surface area contributed by atoms with Gasteiger partial charge < -0.3 is 4.74 Å². The molecule has 0 saturated carbocycles. The Kier molecular flexibility index (Phi) is 4.56. The topological polar surface area (TPSA) is 9.23 Å². The first-order chi connectivity index (χ1) is 6.61. The number of ether oxygens (including phenoxy) is 1. The molecule has 0 spiro atoms. The summed E-state index contributed by atoms with van der Waals surface area (Å²) in [5.41, 5.74) is -0.0148. The van der Waals surface area contributed by atoms with Crippen LogP contribution in [-0.4, -0.2) is 38.8 Å². The molecular formula is C10H22OSi3. The summed E-state index contributed by atoms with van der Waals surface area (Å²) in [5, 5.41) is 1.70. The van der Waals surface area contributed by atoms with Gasteiger partial charge in [0, 0.05) is 15.2 Å². The maximum Gasteiger partial charge on any atom is 0.0871 e. The summed E-state index contributed by atoms with van der Waals surface area (Å²) in [5.74, 6) is 0. The van der Waals surface area contributed by atoms with Gasteiger partial charge >= 0.3 is 0 Å². The van der Waals surface area contributed by atoms with Crippen LogP contribution in [0.3, 0.4) is 0 Å². The smallest absolute Gasteiger partial charge is 0.0871 e. The zero-order chi connectivity index (χ0) is 10.6. The molecule has 1 aliphatic carbocycles. The van der Waals surface area contributed by atoms with Crippen molar-refractivity contribution in [1.29, 1.82) is 0 Å². The molecule has 0 saturated heterocycles. The van der Waals surface area contributed by atoms with Crippen LogP contribution in [0.1, 0.15) is 20.3 Å². The fourth-order valence-electron chi connectivity index (χ4n) is 1.77. The summed E-state index contributed by atoms with van der Waals surface area (Å²) >= 11 is 0. The van der Waals surface area contributed by atoms with Crippen LogP contribution in [0.5, 0.6) is 0 Å². The van der Waals surface area contributed by atoms with E-state index in [0.29, 0.717) is 8.55 Å². The average Bonchev–Trinajstić information content (AvgIpc) is 2.18. The van der Waals surface area contributed by atoms with Gasteiger partial charge in [0.15, 0.2) is 0 Å². The quantitative estimate of drug-likeness (QED) is 0.631. The summed E-state index contributed by atoms with van der Waals surface area (Å²) in [7, 11) is 1.43. The van der Waals surface area contributed by atoms with Gasteiger partial charge in [-0.1, -0.05) is 30.0 Å². The molecule has 4 heteroatoms. The Morgan fingerprint density at radius 1 is 1.71 bits per heavy atom. The highest BCUT2D eigenvalue weighted by molar-refractivity contribution is 7.33. The van der Waals surface area contributed by atoms with Gasteiger partial charge in [-0.25, -0.2) is 0 Å². The maximum absolute atomic E-state index is 5.74. The largest absolute Gasteiger partial charge is 0.371 e. The summed E-state index contributed by atoms with van der Waals surface area (Å²) < 4.78 is 5.74. The molecule has 0 N–H and O–H groups in total. The first-order valence-corrected chi connectivity index (χ1v) is 16.3. The van der Waals surface area contributed by atoms with Crippen LogP contribution < -0.4 is 0 Å². The van der Waals surface area contributed by atoms with E-state index in [1.54, 1.807) is 5.20 Å². The Bertz CT molecular complexity index is 250. The fourth-order valence-corrected chi connectivity index (χ4v) is 9.75. The lowest BCUT2D eigenvalue weighted by molar-refractivity contribution is 0.0152. The second-order valence-electron chi connectivity index (χ2n) is 4.30. The first-order valence-electron chi connectivity index (χ1n) is 5.64. The molecule has 0 aliphatic heterocycles. The van der Waals surface area contributed by atoms with Crippen LogP contribution in [0.4, 0.5) is 0 Å². The van der Waals surface area contributed by atoms with Crippen LogP contribution in [0.25, 0.3) is 0 Å². The van der Waals surface area contributed by atoms with Gasteiger partial charge in [-0.3, -0.25) is 0 Å². The normalized spacial score (nSPS) is 29.8. The molecule has 80 valence electrons. The van der Waals surface area contributed by atoms with E-state index in [1.807, 2.05) is 0 Å². The van der Waals surface area contributed by atoms with Gasteiger partial charge in [0.2, 0.25) is 0 Å². The van der Waals surface area contributed by atoms with E-state index < -0.39 is 8.31 Å². The van der Waals surface area contributed by atoms with Crippen molar-refractivity contribution in [3.8, 4) is 0 Å². The molecule has 0 amide bonds. The summed E-state index contributed by atoms with van der Waals surface area (Å²) in [4.78, 5) is 0. The molecule has 0 aromatic rings. The predicted molar refractivity (Wildman–Crippen MR) is 73.4 cm³/mol. The highest BCUT2D eigenvalue weighted by Crippen LogP contribution is 2.25. The summed E-state index contributed by atoms with van der Waals surface area (Å²) in [6.45, 7) is 7.58. The molecule has 2 atom stereocenters. The zero-order valence-corrected chi connectivity index (χ0v) is 14.4. The average molecular weight is 243 g/mol. The van der Waals surface area contributed by atoms with Crippen LogP contribution in [-0.2, 0) is 4.74 Å². The van der Waals surface area contributed by atoms with Gasteiger partial charge in [0.25, 0.3) is 0 Å². The second-order valence-corrected chi connectivity index (χ2v) is 21.1. The molecule has 0 bridgehead atoms. The number of rotatable bonds is 4. The molecular weight excluding hydrogens is 220 g/mol. The third-order valence-electron chi connectivity index (χ3n) is 3.03. The molecule has 1 rings (SSSR count). The van der Waals surface area contributed by atoms with Crippen molar-refractivity contribution in [2.24, 2.45) is 0 Å². The molecule has 1 nitrogen and oxygen atoms in total. The van der Waals surface area contributed by atoms with Gasteiger partial charge in [-0.05, 0) is 30.0 Å². The zero-order valence-electron chi connectivity index (χ0n) is 9.84. The molecule has 1 aliphatic rings. The predicted octanol–water partition coefficient (Wildman–Crippen LogP) is 0.00990. The third kappa shape index (κ3) is 3.05. The van der Waals surface area contributed by atoms with Crippen LogP contribution in [0.15, 0.2) is 23.4 Å². The van der Waals surface area contributed by atoms with E-state index in [4.69, 9.17) is 4.74 Å². The van der Waals surface area contributed by atoms with E-state index >= 15 is 0 Å². The third-order valence-corrected chi connectivity index (χ3v) is 21.9. The van der Waals surface area contributed by atoms with Gasteiger partial charge in [-0.15, -0.1) is 0 Å². The highest BCUT2D eigenvalue weighted by Gasteiger charge is 2.23. The van der Waals surface area contributed by atoms with Crippen LogP contribution >= 0.6 is 0 Å². The van der Waals surface area contributed by atoms with E-state index in [2.05, 4.69) is 38.6 Å². The Balaban J connectivity index is 2.60. The minimum absolute atomic E-state index is 0.0148. The van der Waals surface area contributed by atoms with E-state index in [0.717, 1.165) is 13.0 Å². The molecule has 0 heterocycles. The Morgan fingerprint density at radius 3 is 2.86 bits per heavy atom. The number of allylic oxidation sites excluding steroid dienone is 2. The monoisotopic (exact) mass is 242 g/mol. The Labute approximate surface area is 94.1 Å². The van der Waals surface area contributed by atoms with Gasteiger partial charge in [-0.2, -0.15) is 0 Å². The summed E-state index contributed by atoms with van der Waals surface area (Å²) in [6.07, 6.45) is 8.15.